The Morgan fingerprint density at radius 2 is 1.95 bits per heavy atom. The zero-order chi connectivity index (χ0) is 27.4. The van der Waals surface area contributed by atoms with E-state index in [1.807, 2.05) is 31.2 Å². The second kappa shape index (κ2) is 9.45. The molecule has 0 unspecified atom stereocenters. The van der Waals surface area contributed by atoms with Gasteiger partial charge in [-0.25, -0.2) is 4.68 Å². The maximum absolute atomic E-state index is 14.1. The van der Waals surface area contributed by atoms with E-state index < -0.39 is 24.2 Å². The third-order valence-electron chi connectivity index (χ3n) is 7.73. The standard InChI is InChI=1S/C28H30F3N5OS/c1-15-5-7-16(8-6-15)20-12-23(28(29,30)31)36-24(33-20)13-21(35-36)25(37)34-26-19(14-32)18-10-9-17(27(2,3)4)11-22(18)38-26/h5-8,13,17,20,23,33H,9-12H2,1-4H3,(H,34,37)/t17-,20+,23+/m1/s1. The molecule has 200 valence electrons. The van der Waals surface area contributed by atoms with Gasteiger partial charge in [0.1, 0.15) is 16.9 Å². The number of rotatable bonds is 3. The number of benzene rings is 1. The second-order valence-electron chi connectivity index (χ2n) is 11.3. The maximum Gasteiger partial charge on any atom is 0.410 e. The zero-order valence-corrected chi connectivity index (χ0v) is 22.6. The van der Waals surface area contributed by atoms with Crippen molar-refractivity contribution in [1.82, 2.24) is 9.78 Å². The predicted octanol–water partition coefficient (Wildman–Crippen LogP) is 7.19. The van der Waals surface area contributed by atoms with Gasteiger partial charge in [-0.3, -0.25) is 4.79 Å². The van der Waals surface area contributed by atoms with Gasteiger partial charge in [0.2, 0.25) is 0 Å². The monoisotopic (exact) mass is 541 g/mol. The van der Waals surface area contributed by atoms with Crippen LogP contribution in [0.15, 0.2) is 30.3 Å². The normalized spacial score (nSPS) is 21.2. The Hall–Kier alpha value is -3.32. The van der Waals surface area contributed by atoms with Gasteiger partial charge in [-0.2, -0.15) is 23.5 Å². The third kappa shape index (κ3) is 4.92. The molecule has 0 saturated carbocycles. The molecule has 6 nitrogen and oxygen atoms in total. The van der Waals surface area contributed by atoms with Crippen molar-refractivity contribution >= 4 is 28.1 Å². The summed E-state index contributed by atoms with van der Waals surface area (Å²) in [6.45, 7) is 8.53. The fourth-order valence-electron chi connectivity index (χ4n) is 5.40. The van der Waals surface area contributed by atoms with E-state index in [0.717, 1.165) is 45.5 Å². The van der Waals surface area contributed by atoms with E-state index in [4.69, 9.17) is 0 Å². The fourth-order valence-corrected chi connectivity index (χ4v) is 6.67. The van der Waals surface area contributed by atoms with E-state index in [9.17, 15) is 23.2 Å². The number of halogens is 3. The Labute approximate surface area is 223 Å². The lowest BCUT2D eigenvalue weighted by molar-refractivity contribution is -0.173. The molecule has 1 aromatic carbocycles. The fraction of sp³-hybridized carbons (Fsp3) is 0.464. The number of nitriles is 1. The summed E-state index contributed by atoms with van der Waals surface area (Å²) < 4.78 is 43.0. The lowest BCUT2D eigenvalue weighted by Gasteiger charge is -2.33. The number of aryl methyl sites for hydroxylation is 1. The molecular weight excluding hydrogens is 511 g/mol. The molecule has 1 aliphatic heterocycles. The predicted molar refractivity (Wildman–Crippen MR) is 141 cm³/mol. The van der Waals surface area contributed by atoms with Crippen molar-refractivity contribution in [3.8, 4) is 6.07 Å². The van der Waals surface area contributed by atoms with Gasteiger partial charge in [0.15, 0.2) is 11.7 Å². The summed E-state index contributed by atoms with van der Waals surface area (Å²) in [5.41, 5.74) is 3.17. The molecule has 0 fully saturated rings. The number of hydrogen-bond acceptors (Lipinski definition) is 5. The summed E-state index contributed by atoms with van der Waals surface area (Å²) >= 11 is 1.38. The zero-order valence-electron chi connectivity index (χ0n) is 21.7. The average molecular weight is 542 g/mol. The van der Waals surface area contributed by atoms with Crippen molar-refractivity contribution < 1.29 is 18.0 Å². The van der Waals surface area contributed by atoms with Gasteiger partial charge in [-0.05, 0) is 48.6 Å². The average Bonchev–Trinajstić information content (AvgIpc) is 3.43. The first-order chi connectivity index (χ1) is 17.8. The topological polar surface area (TPSA) is 82.7 Å². The van der Waals surface area contributed by atoms with E-state index in [-0.39, 0.29) is 23.3 Å². The summed E-state index contributed by atoms with van der Waals surface area (Å²) in [4.78, 5) is 14.3. The van der Waals surface area contributed by atoms with E-state index >= 15 is 0 Å². The van der Waals surface area contributed by atoms with Gasteiger partial charge >= 0.3 is 6.18 Å². The molecule has 0 saturated heterocycles. The molecule has 3 heterocycles. The number of alkyl halides is 3. The van der Waals surface area contributed by atoms with Gasteiger partial charge in [-0.15, -0.1) is 11.3 Å². The summed E-state index contributed by atoms with van der Waals surface area (Å²) in [7, 11) is 0. The largest absolute Gasteiger partial charge is 0.410 e. The van der Waals surface area contributed by atoms with Gasteiger partial charge in [0, 0.05) is 17.4 Å². The molecular formula is C28H30F3N5OS. The Morgan fingerprint density at radius 1 is 1.24 bits per heavy atom. The van der Waals surface area contributed by atoms with Crippen LogP contribution in [-0.2, 0) is 12.8 Å². The highest BCUT2D eigenvalue weighted by Crippen LogP contribution is 2.45. The van der Waals surface area contributed by atoms with Crippen molar-refractivity contribution in [1.29, 1.82) is 5.26 Å². The van der Waals surface area contributed by atoms with Crippen LogP contribution in [0.1, 0.15) is 83.3 Å². The Bertz CT molecular complexity index is 1410. The van der Waals surface area contributed by atoms with Crippen LogP contribution in [0.2, 0.25) is 0 Å². The molecule has 0 bridgehead atoms. The van der Waals surface area contributed by atoms with Gasteiger partial charge < -0.3 is 10.6 Å². The van der Waals surface area contributed by atoms with Crippen molar-refractivity contribution in [2.45, 2.75) is 71.6 Å². The molecule has 3 atom stereocenters. The minimum absolute atomic E-state index is 0.130. The van der Waals surface area contributed by atoms with Crippen molar-refractivity contribution in [2.75, 3.05) is 10.6 Å². The minimum atomic E-state index is -4.54. The number of nitrogens with zero attached hydrogens (tertiary/aromatic N) is 3. The van der Waals surface area contributed by atoms with E-state index in [2.05, 4.69) is 42.6 Å². The highest BCUT2D eigenvalue weighted by molar-refractivity contribution is 7.16. The number of thiophene rings is 1. The van der Waals surface area contributed by atoms with E-state index in [0.29, 0.717) is 16.5 Å². The van der Waals surface area contributed by atoms with Crippen LogP contribution in [0.25, 0.3) is 0 Å². The number of amides is 1. The summed E-state index contributed by atoms with van der Waals surface area (Å²) in [6, 6.07) is 8.48. The van der Waals surface area contributed by atoms with E-state index in [1.165, 1.54) is 17.4 Å². The SMILES string of the molecule is Cc1ccc([C@@H]2C[C@@H](C(F)(F)F)n3nc(C(=O)Nc4sc5c(c4C#N)CC[C@@H](C(C)(C)C)C5)cc3N2)cc1. The first-order valence-electron chi connectivity index (χ1n) is 12.7. The molecule has 2 N–H and O–H groups in total. The van der Waals surface area contributed by atoms with Crippen molar-refractivity contribution in [2.24, 2.45) is 11.3 Å². The van der Waals surface area contributed by atoms with Crippen molar-refractivity contribution in [3.63, 3.8) is 0 Å². The highest BCUT2D eigenvalue weighted by Gasteiger charge is 2.47. The molecule has 1 amide bonds. The Morgan fingerprint density at radius 3 is 2.58 bits per heavy atom. The molecule has 5 rings (SSSR count). The van der Waals surface area contributed by atoms with Crippen LogP contribution in [0, 0.1) is 29.6 Å². The summed E-state index contributed by atoms with van der Waals surface area (Å²) in [5.74, 6) is -0.0345. The number of anilines is 2. The smallest absolute Gasteiger partial charge is 0.363 e. The number of carbonyl (C=O) groups excluding carboxylic acids is 1. The van der Waals surface area contributed by atoms with Crippen LogP contribution >= 0.6 is 11.3 Å². The Kier molecular flexibility index (Phi) is 6.54. The summed E-state index contributed by atoms with van der Waals surface area (Å²) in [6.07, 6.45) is -2.21. The molecule has 2 aromatic heterocycles. The van der Waals surface area contributed by atoms with Crippen LogP contribution in [0.5, 0.6) is 0 Å². The van der Waals surface area contributed by atoms with Gasteiger partial charge in [0.25, 0.3) is 5.91 Å². The number of carbonyl (C=O) groups is 1. The first-order valence-corrected chi connectivity index (χ1v) is 13.5. The quantitative estimate of drug-likeness (QED) is 0.368. The summed E-state index contributed by atoms with van der Waals surface area (Å²) in [5, 5.41) is 20.2. The number of nitrogens with one attached hydrogen (secondary N) is 2. The van der Waals surface area contributed by atoms with Crippen LogP contribution in [0.3, 0.4) is 0 Å². The maximum atomic E-state index is 14.1. The number of aromatic nitrogens is 2. The molecule has 0 spiro atoms. The van der Waals surface area contributed by atoms with Crippen molar-refractivity contribution in [3.05, 3.63) is 63.2 Å². The van der Waals surface area contributed by atoms with Crippen LogP contribution < -0.4 is 10.6 Å². The molecule has 2 aliphatic rings. The number of hydrogen-bond donors (Lipinski definition) is 2. The first kappa shape index (κ1) is 26.3. The van der Waals surface area contributed by atoms with Crippen LogP contribution in [-0.4, -0.2) is 21.9 Å². The molecule has 38 heavy (non-hydrogen) atoms. The number of fused-ring (bicyclic) bond motifs is 2. The molecule has 10 heteroatoms. The van der Waals surface area contributed by atoms with Gasteiger partial charge in [0.05, 0.1) is 11.6 Å². The van der Waals surface area contributed by atoms with Crippen LogP contribution in [0.4, 0.5) is 24.0 Å². The molecule has 0 radical (unpaired) electrons. The molecule has 3 aromatic rings. The third-order valence-corrected chi connectivity index (χ3v) is 8.90. The highest BCUT2D eigenvalue weighted by atomic mass is 32.1. The minimum Gasteiger partial charge on any atom is -0.363 e. The van der Waals surface area contributed by atoms with Gasteiger partial charge in [-0.1, -0.05) is 50.6 Å². The lowest BCUT2D eigenvalue weighted by atomic mass is 9.72. The lowest BCUT2D eigenvalue weighted by Crippen LogP contribution is -2.35. The Balaban J connectivity index is 1.42. The second-order valence-corrected chi connectivity index (χ2v) is 12.4. The van der Waals surface area contributed by atoms with E-state index in [1.54, 1.807) is 0 Å². The molecule has 1 aliphatic carbocycles.